The Hall–Kier alpha value is -1.06. The van der Waals surface area contributed by atoms with Crippen molar-refractivity contribution in [1.29, 1.82) is 0 Å². The number of carbonyl (C=O) groups is 2. The first-order chi connectivity index (χ1) is 8.31. The van der Waals surface area contributed by atoms with Gasteiger partial charge < -0.3 is 10.0 Å². The van der Waals surface area contributed by atoms with Gasteiger partial charge in [0.25, 0.3) is 0 Å². The van der Waals surface area contributed by atoms with Gasteiger partial charge in [-0.3, -0.25) is 4.79 Å². The van der Waals surface area contributed by atoms with Gasteiger partial charge in [-0.25, -0.2) is 4.79 Å². The largest absolute Gasteiger partial charge is 0.479 e. The van der Waals surface area contributed by atoms with Crippen molar-refractivity contribution in [2.24, 2.45) is 5.92 Å². The van der Waals surface area contributed by atoms with Crippen LogP contribution in [0.1, 0.15) is 59.8 Å². The van der Waals surface area contributed by atoms with Gasteiger partial charge >= 0.3 is 5.97 Å². The lowest BCUT2D eigenvalue weighted by Gasteiger charge is -2.46. The Morgan fingerprint density at radius 2 is 1.72 bits per heavy atom. The summed E-state index contributed by atoms with van der Waals surface area (Å²) < 4.78 is 0. The minimum absolute atomic E-state index is 0.0649. The fourth-order valence-corrected chi connectivity index (χ4v) is 3.37. The minimum atomic E-state index is -1.07. The van der Waals surface area contributed by atoms with E-state index in [0.29, 0.717) is 0 Å². The zero-order valence-corrected chi connectivity index (χ0v) is 11.9. The quantitative estimate of drug-likeness (QED) is 0.840. The molecule has 0 aromatic rings. The molecule has 104 valence electrons. The summed E-state index contributed by atoms with van der Waals surface area (Å²) in [6, 6.07) is -0.0921. The molecule has 1 aliphatic rings. The molecule has 4 nitrogen and oxygen atoms in total. The lowest BCUT2D eigenvalue weighted by Crippen LogP contribution is -2.61. The van der Waals surface area contributed by atoms with Gasteiger partial charge in [-0.1, -0.05) is 19.3 Å². The number of carbonyl (C=O) groups excluding carboxylic acids is 1. The van der Waals surface area contributed by atoms with Crippen LogP contribution >= 0.6 is 0 Å². The summed E-state index contributed by atoms with van der Waals surface area (Å²) in [5, 5.41) is 9.66. The van der Waals surface area contributed by atoms with Crippen molar-refractivity contribution >= 4 is 11.9 Å². The van der Waals surface area contributed by atoms with Gasteiger partial charge in [0.1, 0.15) is 5.54 Å². The van der Waals surface area contributed by atoms with Crippen LogP contribution < -0.4 is 0 Å². The van der Waals surface area contributed by atoms with Crippen LogP contribution in [-0.4, -0.2) is 33.5 Å². The highest BCUT2D eigenvalue weighted by Gasteiger charge is 2.48. The fourth-order valence-electron chi connectivity index (χ4n) is 3.37. The molecule has 1 rings (SSSR count). The van der Waals surface area contributed by atoms with Gasteiger partial charge in [0.15, 0.2) is 0 Å². The summed E-state index contributed by atoms with van der Waals surface area (Å²) in [5.74, 6) is -0.964. The summed E-state index contributed by atoms with van der Waals surface area (Å²) in [6.07, 6.45) is 5.11. The van der Waals surface area contributed by atoms with E-state index in [1.807, 2.05) is 13.8 Å². The predicted octanol–water partition coefficient (Wildman–Crippen LogP) is 2.67. The molecule has 0 saturated heterocycles. The molecule has 1 unspecified atom stereocenters. The van der Waals surface area contributed by atoms with E-state index in [9.17, 15) is 14.7 Å². The average molecular weight is 255 g/mol. The Morgan fingerprint density at radius 1 is 1.22 bits per heavy atom. The fraction of sp³-hybridized carbons (Fsp3) is 0.857. The van der Waals surface area contributed by atoms with Crippen molar-refractivity contribution in [3.05, 3.63) is 0 Å². The van der Waals surface area contributed by atoms with Crippen LogP contribution in [0.2, 0.25) is 0 Å². The first-order valence-corrected chi connectivity index (χ1v) is 6.85. The van der Waals surface area contributed by atoms with E-state index in [-0.39, 0.29) is 17.9 Å². The standard InChI is InChI=1S/C14H25NO3/c1-10(2)15(11(3)16)14(4,13(17)18)12-8-6-5-7-9-12/h10,12H,5-9H2,1-4H3,(H,17,18). The average Bonchev–Trinajstić information content (AvgIpc) is 2.28. The zero-order valence-electron chi connectivity index (χ0n) is 11.9. The minimum Gasteiger partial charge on any atom is -0.479 e. The molecular formula is C14H25NO3. The normalized spacial score (nSPS) is 20.5. The Morgan fingerprint density at radius 3 is 2.06 bits per heavy atom. The number of rotatable bonds is 4. The maximum Gasteiger partial charge on any atom is 0.329 e. The molecule has 0 aromatic carbocycles. The van der Waals surface area contributed by atoms with Crippen LogP contribution in [0.4, 0.5) is 0 Å². The number of carboxylic acids is 1. The van der Waals surface area contributed by atoms with E-state index in [2.05, 4.69) is 0 Å². The molecule has 0 spiro atoms. The number of hydrogen-bond donors (Lipinski definition) is 1. The molecular weight excluding hydrogens is 230 g/mol. The molecule has 0 heterocycles. The van der Waals surface area contributed by atoms with Gasteiger partial charge in [-0.05, 0) is 39.5 Å². The second-order valence-corrected chi connectivity index (χ2v) is 5.77. The maximum atomic E-state index is 11.8. The topological polar surface area (TPSA) is 57.6 Å². The SMILES string of the molecule is CC(=O)N(C(C)C)C(C)(C(=O)O)C1CCCCC1. The number of amides is 1. The van der Waals surface area contributed by atoms with Crippen molar-refractivity contribution in [1.82, 2.24) is 4.90 Å². The molecule has 1 fully saturated rings. The van der Waals surface area contributed by atoms with Gasteiger partial charge in [-0.15, -0.1) is 0 Å². The number of nitrogens with zero attached hydrogens (tertiary/aromatic N) is 1. The van der Waals surface area contributed by atoms with E-state index in [0.717, 1.165) is 25.7 Å². The summed E-state index contributed by atoms with van der Waals surface area (Å²) in [4.78, 5) is 25.2. The van der Waals surface area contributed by atoms with Crippen molar-refractivity contribution < 1.29 is 14.7 Å². The van der Waals surface area contributed by atoms with Gasteiger partial charge in [0.2, 0.25) is 5.91 Å². The molecule has 18 heavy (non-hydrogen) atoms. The molecule has 1 atom stereocenters. The van der Waals surface area contributed by atoms with E-state index in [4.69, 9.17) is 0 Å². The molecule has 1 saturated carbocycles. The van der Waals surface area contributed by atoms with Crippen LogP contribution in [0.25, 0.3) is 0 Å². The van der Waals surface area contributed by atoms with Crippen LogP contribution in [0.3, 0.4) is 0 Å². The van der Waals surface area contributed by atoms with E-state index >= 15 is 0 Å². The first-order valence-electron chi connectivity index (χ1n) is 6.85. The Bertz CT molecular complexity index is 321. The van der Waals surface area contributed by atoms with Crippen LogP contribution in [-0.2, 0) is 9.59 Å². The first kappa shape index (κ1) is 15.0. The lowest BCUT2D eigenvalue weighted by atomic mass is 9.74. The lowest BCUT2D eigenvalue weighted by molar-refractivity contribution is -0.165. The third-order valence-electron chi connectivity index (χ3n) is 4.19. The molecule has 0 bridgehead atoms. The van der Waals surface area contributed by atoms with Crippen LogP contribution in [0, 0.1) is 5.92 Å². The Kier molecular flexibility index (Phi) is 4.77. The molecule has 0 aliphatic heterocycles. The highest BCUT2D eigenvalue weighted by atomic mass is 16.4. The second kappa shape index (κ2) is 5.72. The molecule has 1 N–H and O–H groups in total. The highest BCUT2D eigenvalue weighted by Crippen LogP contribution is 2.37. The third-order valence-corrected chi connectivity index (χ3v) is 4.19. The van der Waals surface area contributed by atoms with Crippen LogP contribution in [0.5, 0.6) is 0 Å². The summed E-state index contributed by atoms with van der Waals surface area (Å²) >= 11 is 0. The summed E-state index contributed by atoms with van der Waals surface area (Å²) in [5.41, 5.74) is -1.07. The predicted molar refractivity (Wildman–Crippen MR) is 70.3 cm³/mol. The second-order valence-electron chi connectivity index (χ2n) is 5.77. The molecule has 1 aliphatic carbocycles. The van der Waals surface area contributed by atoms with E-state index in [1.54, 1.807) is 11.8 Å². The van der Waals surface area contributed by atoms with Crippen molar-refractivity contribution in [2.45, 2.75) is 71.4 Å². The maximum absolute atomic E-state index is 11.8. The van der Waals surface area contributed by atoms with Crippen LogP contribution in [0.15, 0.2) is 0 Å². The number of carboxylic acid groups (broad SMARTS) is 1. The Labute approximate surface area is 109 Å². The third kappa shape index (κ3) is 2.68. The Balaban J connectivity index is 3.11. The summed E-state index contributed by atoms with van der Waals surface area (Å²) in [6.45, 7) is 6.94. The number of aliphatic carboxylic acids is 1. The molecule has 1 amide bonds. The van der Waals surface area contributed by atoms with Gasteiger partial charge in [0, 0.05) is 13.0 Å². The van der Waals surface area contributed by atoms with Crippen molar-refractivity contribution in [2.75, 3.05) is 0 Å². The highest BCUT2D eigenvalue weighted by molar-refractivity contribution is 5.86. The summed E-state index contributed by atoms with van der Waals surface area (Å²) in [7, 11) is 0. The van der Waals surface area contributed by atoms with Gasteiger partial charge in [0.05, 0.1) is 0 Å². The zero-order chi connectivity index (χ0) is 13.9. The van der Waals surface area contributed by atoms with E-state index in [1.165, 1.54) is 13.3 Å². The monoisotopic (exact) mass is 255 g/mol. The smallest absolute Gasteiger partial charge is 0.329 e. The van der Waals surface area contributed by atoms with Crippen molar-refractivity contribution in [3.8, 4) is 0 Å². The molecule has 0 radical (unpaired) electrons. The van der Waals surface area contributed by atoms with Crippen molar-refractivity contribution in [3.63, 3.8) is 0 Å². The molecule has 0 aromatic heterocycles. The number of hydrogen-bond acceptors (Lipinski definition) is 2. The van der Waals surface area contributed by atoms with E-state index < -0.39 is 11.5 Å². The molecule has 4 heteroatoms. The van der Waals surface area contributed by atoms with Gasteiger partial charge in [-0.2, -0.15) is 0 Å².